The third-order valence-electron chi connectivity index (χ3n) is 12.1. The Kier molecular flexibility index (Phi) is 19.1. The zero-order valence-corrected chi connectivity index (χ0v) is 41.8. The summed E-state index contributed by atoms with van der Waals surface area (Å²) in [4.78, 5) is 133. The summed E-state index contributed by atoms with van der Waals surface area (Å²) in [6.45, 7) is 9.87. The Morgan fingerprint density at radius 3 is 1.21 bits per heavy atom. The molecule has 392 valence electrons. The molecule has 72 heavy (non-hydrogen) atoms. The van der Waals surface area contributed by atoms with Crippen molar-refractivity contribution in [3.63, 3.8) is 0 Å². The summed E-state index contributed by atoms with van der Waals surface area (Å²) in [5.74, 6) is -5.36. The first-order chi connectivity index (χ1) is 33.8. The highest BCUT2D eigenvalue weighted by molar-refractivity contribution is 5.90. The van der Waals surface area contributed by atoms with Crippen molar-refractivity contribution in [2.24, 2.45) is 0 Å². The zero-order valence-electron chi connectivity index (χ0n) is 41.8. The second-order valence-electron chi connectivity index (χ2n) is 20.3. The molecule has 3 saturated heterocycles. The van der Waals surface area contributed by atoms with Crippen LogP contribution >= 0.6 is 0 Å². The van der Waals surface area contributed by atoms with Gasteiger partial charge in [-0.25, -0.2) is 19.2 Å². The number of aryl methyl sites for hydroxylation is 2. The minimum absolute atomic E-state index is 0.0132. The van der Waals surface area contributed by atoms with Gasteiger partial charge in [0, 0.05) is 89.9 Å². The van der Waals surface area contributed by atoms with Crippen LogP contribution in [0.4, 0.5) is 9.59 Å². The van der Waals surface area contributed by atoms with Gasteiger partial charge in [-0.05, 0) is 76.6 Å². The first-order valence-electron chi connectivity index (χ1n) is 24.1. The van der Waals surface area contributed by atoms with Gasteiger partial charge in [-0.2, -0.15) is 0 Å². The summed E-state index contributed by atoms with van der Waals surface area (Å²) < 4.78 is 10.5. The molecule has 0 bridgehead atoms. The SMILES string of the molecule is CC(C)(C)OC(=O)NCc1ccc(CCC(=O)N2CC(NC(=O)CN3CCC(=O)N(CC(=O)NC4CC(C(=O)O)N(C(=O)CCc5ccc(CNC(=O)OC(C)(C)C)cc5)C4)CCC3=O)CC2C(=O)O)cc1. The van der Waals surface area contributed by atoms with Crippen LogP contribution in [0.25, 0.3) is 0 Å². The molecule has 3 aliphatic heterocycles. The monoisotopic (exact) mass is 1000 g/mol. The lowest BCUT2D eigenvalue weighted by molar-refractivity contribution is -0.148. The number of benzene rings is 2. The minimum atomic E-state index is -1.22. The predicted octanol–water partition coefficient (Wildman–Crippen LogP) is 2.09. The molecule has 22 heteroatoms. The number of rotatable bonds is 18. The topological polar surface area (TPSA) is 291 Å². The molecule has 4 unspecified atom stereocenters. The van der Waals surface area contributed by atoms with Crippen molar-refractivity contribution in [3.05, 3.63) is 70.8 Å². The third-order valence-corrected chi connectivity index (χ3v) is 12.1. The van der Waals surface area contributed by atoms with Crippen LogP contribution < -0.4 is 21.3 Å². The zero-order chi connectivity index (χ0) is 52.9. The number of carbonyl (C=O) groups is 10. The Balaban J connectivity index is 1.03. The van der Waals surface area contributed by atoms with E-state index in [2.05, 4.69) is 21.3 Å². The molecule has 0 radical (unpaired) electrons. The van der Waals surface area contributed by atoms with Gasteiger partial charge in [0.05, 0.1) is 13.1 Å². The molecule has 0 aliphatic carbocycles. The molecule has 0 saturated carbocycles. The van der Waals surface area contributed by atoms with E-state index < -0.39 is 108 Å². The first kappa shape index (κ1) is 55.7. The van der Waals surface area contributed by atoms with Crippen LogP contribution in [0.5, 0.6) is 0 Å². The van der Waals surface area contributed by atoms with E-state index in [1.807, 2.05) is 24.3 Å². The van der Waals surface area contributed by atoms with Crippen LogP contribution in [-0.4, -0.2) is 164 Å². The summed E-state index contributed by atoms with van der Waals surface area (Å²) in [6.07, 6.45) is -0.917. The number of aliphatic carboxylic acids is 2. The molecule has 3 aliphatic rings. The molecular formula is C50H68N8O14. The summed E-state index contributed by atoms with van der Waals surface area (Å²) >= 11 is 0. The molecule has 0 aromatic heterocycles. The number of carboxylic acids is 2. The smallest absolute Gasteiger partial charge is 0.407 e. The van der Waals surface area contributed by atoms with E-state index in [4.69, 9.17) is 9.47 Å². The Morgan fingerprint density at radius 1 is 0.556 bits per heavy atom. The van der Waals surface area contributed by atoms with E-state index in [0.29, 0.717) is 12.8 Å². The maximum Gasteiger partial charge on any atom is 0.407 e. The molecular weight excluding hydrogens is 937 g/mol. The Labute approximate surface area is 418 Å². The lowest BCUT2D eigenvalue weighted by Crippen LogP contribution is -2.50. The van der Waals surface area contributed by atoms with Crippen LogP contribution in [-0.2, 0) is 73.8 Å². The number of ether oxygens (including phenoxy) is 2. The lowest BCUT2D eigenvalue weighted by atomic mass is 10.1. The van der Waals surface area contributed by atoms with Crippen molar-refractivity contribution in [2.45, 2.75) is 141 Å². The van der Waals surface area contributed by atoms with E-state index in [1.165, 1.54) is 19.6 Å². The Bertz CT molecular complexity index is 2170. The fraction of sp³-hybridized carbons (Fsp3) is 0.560. The summed E-state index contributed by atoms with van der Waals surface area (Å²) in [6, 6.07) is 10.7. The molecule has 0 spiro atoms. The highest BCUT2D eigenvalue weighted by Crippen LogP contribution is 2.23. The number of amides is 8. The first-order valence-corrected chi connectivity index (χ1v) is 24.1. The second kappa shape index (κ2) is 24.7. The van der Waals surface area contributed by atoms with E-state index in [0.717, 1.165) is 22.3 Å². The van der Waals surface area contributed by atoms with Gasteiger partial charge in [-0.1, -0.05) is 48.5 Å². The number of likely N-dealkylation sites (tertiary alicyclic amines) is 2. The Hall–Kier alpha value is -7.26. The minimum Gasteiger partial charge on any atom is -0.480 e. The molecule has 4 atom stereocenters. The third kappa shape index (κ3) is 17.5. The van der Waals surface area contributed by atoms with Crippen molar-refractivity contribution in [1.82, 2.24) is 40.9 Å². The van der Waals surface area contributed by atoms with Gasteiger partial charge in [0.25, 0.3) is 0 Å². The highest BCUT2D eigenvalue weighted by Gasteiger charge is 2.42. The van der Waals surface area contributed by atoms with Gasteiger partial charge in [0.2, 0.25) is 35.4 Å². The molecule has 5 rings (SSSR count). The maximum atomic E-state index is 13.3. The highest BCUT2D eigenvalue weighted by atomic mass is 16.6. The van der Waals surface area contributed by atoms with Crippen molar-refractivity contribution < 1.29 is 67.6 Å². The van der Waals surface area contributed by atoms with Gasteiger partial charge in [0.15, 0.2) is 0 Å². The van der Waals surface area contributed by atoms with E-state index in [-0.39, 0.29) is 77.8 Å². The number of alkyl carbamates (subject to hydrolysis) is 2. The number of hydrogen-bond donors (Lipinski definition) is 6. The van der Waals surface area contributed by atoms with Crippen molar-refractivity contribution in [3.8, 4) is 0 Å². The molecule has 2 aromatic rings. The molecule has 3 heterocycles. The van der Waals surface area contributed by atoms with Crippen LogP contribution in [0.15, 0.2) is 48.5 Å². The number of nitrogens with one attached hydrogen (secondary N) is 4. The van der Waals surface area contributed by atoms with Gasteiger partial charge >= 0.3 is 24.1 Å². The van der Waals surface area contributed by atoms with E-state index in [1.54, 1.807) is 65.8 Å². The van der Waals surface area contributed by atoms with E-state index in [9.17, 15) is 58.2 Å². The fourth-order valence-corrected chi connectivity index (χ4v) is 8.57. The van der Waals surface area contributed by atoms with Gasteiger partial charge in [-0.3, -0.25) is 28.8 Å². The molecule has 22 nitrogen and oxygen atoms in total. The average Bonchev–Trinajstić information content (AvgIpc) is 3.93. The van der Waals surface area contributed by atoms with Crippen molar-refractivity contribution >= 4 is 59.6 Å². The van der Waals surface area contributed by atoms with Gasteiger partial charge in [0.1, 0.15) is 23.3 Å². The van der Waals surface area contributed by atoms with Crippen LogP contribution in [0.2, 0.25) is 0 Å². The fourth-order valence-electron chi connectivity index (χ4n) is 8.57. The summed E-state index contributed by atoms with van der Waals surface area (Å²) in [7, 11) is 0. The van der Waals surface area contributed by atoms with Crippen LogP contribution in [0.1, 0.15) is 102 Å². The molecule has 8 amide bonds. The normalized spacial score (nSPS) is 19.5. The lowest BCUT2D eigenvalue weighted by Gasteiger charge is -2.30. The van der Waals surface area contributed by atoms with Gasteiger partial charge < -0.3 is 60.6 Å². The number of nitrogens with zero attached hydrogens (tertiary/aromatic N) is 4. The number of carboxylic acid groups (broad SMARTS) is 2. The quantitative estimate of drug-likeness (QED) is 0.125. The Morgan fingerprint density at radius 2 is 0.889 bits per heavy atom. The summed E-state index contributed by atoms with van der Waals surface area (Å²) in [5.41, 5.74) is 2.02. The average molecular weight is 1010 g/mol. The van der Waals surface area contributed by atoms with Crippen LogP contribution in [0, 0.1) is 0 Å². The maximum absolute atomic E-state index is 13.3. The van der Waals surface area contributed by atoms with Crippen LogP contribution in [0.3, 0.4) is 0 Å². The van der Waals surface area contributed by atoms with Crippen molar-refractivity contribution in [1.29, 1.82) is 0 Å². The largest absolute Gasteiger partial charge is 0.480 e. The molecule has 3 fully saturated rings. The standard InChI is InChI=1S/C50H68N8O14/c1-49(2,3)71-47(69)51-25-33-11-7-31(8-12-33)15-17-43(63)57-27-35(23-37(57)45(65)66)53-39(59)29-55-21-19-42(62)56(22-20-41(55)61)30-40(60)54-36-24-38(46(67)68)58(28-36)44(64)18-16-32-9-13-34(14-10-32)26-52-48(70)72-50(4,5)6/h7-14,35-38H,15-30H2,1-6H3,(H,51,69)(H,52,70)(H,53,59)(H,54,60)(H,65,66)(H,67,68). The number of carbonyl (C=O) groups excluding carboxylic acids is 8. The summed E-state index contributed by atoms with van der Waals surface area (Å²) in [5, 5.41) is 30.7. The van der Waals surface area contributed by atoms with Crippen molar-refractivity contribution in [2.75, 3.05) is 39.3 Å². The van der Waals surface area contributed by atoms with E-state index >= 15 is 0 Å². The molecule has 2 aromatic carbocycles. The second-order valence-corrected chi connectivity index (χ2v) is 20.3. The molecule has 6 N–H and O–H groups in total. The predicted molar refractivity (Wildman–Crippen MR) is 257 cm³/mol. The van der Waals surface area contributed by atoms with Gasteiger partial charge in [-0.15, -0.1) is 0 Å². The number of hydrogen-bond acceptors (Lipinski definition) is 12.